The van der Waals surface area contributed by atoms with Crippen LogP contribution in [0.3, 0.4) is 0 Å². The number of aliphatic hydroxyl groups is 1. The van der Waals surface area contributed by atoms with Crippen LogP contribution < -0.4 is 4.74 Å². The molecule has 1 N–H and O–H groups in total. The van der Waals surface area contributed by atoms with Crippen molar-refractivity contribution in [2.75, 3.05) is 18.6 Å². The summed E-state index contributed by atoms with van der Waals surface area (Å²) >= 11 is 0. The van der Waals surface area contributed by atoms with Crippen molar-refractivity contribution in [1.29, 1.82) is 0 Å². The zero-order chi connectivity index (χ0) is 13.2. The van der Waals surface area contributed by atoms with Gasteiger partial charge in [0.2, 0.25) is 5.88 Å². The van der Waals surface area contributed by atoms with Gasteiger partial charge in [0, 0.05) is 18.4 Å². The second-order valence-electron chi connectivity index (χ2n) is 4.49. The second-order valence-corrected chi connectivity index (χ2v) is 6.72. The SMILES string of the molecule is COc1cc(CC(O)C2CCS(=O)(=O)C2)ncn1. The van der Waals surface area contributed by atoms with Gasteiger partial charge in [-0.1, -0.05) is 0 Å². The van der Waals surface area contributed by atoms with Crippen molar-refractivity contribution in [3.8, 4) is 5.88 Å². The summed E-state index contributed by atoms with van der Waals surface area (Å²) in [4.78, 5) is 7.91. The number of sulfone groups is 1. The fourth-order valence-electron chi connectivity index (χ4n) is 2.11. The molecule has 6 nitrogen and oxygen atoms in total. The molecular formula is C11H16N2O4S. The normalized spacial score (nSPS) is 23.8. The number of aliphatic hydroxyl groups excluding tert-OH is 1. The van der Waals surface area contributed by atoms with Crippen LogP contribution in [0.15, 0.2) is 12.4 Å². The first-order chi connectivity index (χ1) is 8.50. The molecule has 1 aliphatic rings. The molecule has 0 aliphatic carbocycles. The molecule has 1 aromatic heterocycles. The molecule has 2 rings (SSSR count). The Kier molecular flexibility index (Phi) is 3.82. The summed E-state index contributed by atoms with van der Waals surface area (Å²) in [6.07, 6.45) is 1.51. The first-order valence-electron chi connectivity index (χ1n) is 5.73. The minimum Gasteiger partial charge on any atom is -0.481 e. The van der Waals surface area contributed by atoms with Gasteiger partial charge in [0.05, 0.1) is 30.4 Å². The lowest BCUT2D eigenvalue weighted by molar-refractivity contribution is 0.119. The third-order valence-electron chi connectivity index (χ3n) is 3.14. The van der Waals surface area contributed by atoms with Crippen LogP contribution in [-0.2, 0) is 16.3 Å². The van der Waals surface area contributed by atoms with E-state index in [2.05, 4.69) is 9.97 Å². The van der Waals surface area contributed by atoms with Crippen molar-refractivity contribution in [1.82, 2.24) is 9.97 Å². The lowest BCUT2D eigenvalue weighted by atomic mass is 9.98. The molecular weight excluding hydrogens is 256 g/mol. The van der Waals surface area contributed by atoms with E-state index < -0.39 is 15.9 Å². The molecule has 0 spiro atoms. The second kappa shape index (κ2) is 5.19. The summed E-state index contributed by atoms with van der Waals surface area (Å²) < 4.78 is 27.6. The molecule has 1 saturated heterocycles. The molecule has 1 aliphatic heterocycles. The molecule has 0 saturated carbocycles. The van der Waals surface area contributed by atoms with E-state index >= 15 is 0 Å². The summed E-state index contributed by atoms with van der Waals surface area (Å²) in [5.74, 6) is 0.472. The van der Waals surface area contributed by atoms with E-state index in [0.29, 0.717) is 24.4 Å². The van der Waals surface area contributed by atoms with Crippen LogP contribution in [0.2, 0.25) is 0 Å². The van der Waals surface area contributed by atoms with E-state index in [1.807, 2.05) is 0 Å². The fourth-order valence-corrected chi connectivity index (χ4v) is 3.98. The van der Waals surface area contributed by atoms with Crippen molar-refractivity contribution in [2.45, 2.75) is 18.9 Å². The van der Waals surface area contributed by atoms with Gasteiger partial charge >= 0.3 is 0 Å². The summed E-state index contributed by atoms with van der Waals surface area (Å²) in [6, 6.07) is 1.65. The number of rotatable bonds is 4. The Bertz CT molecular complexity index is 518. The van der Waals surface area contributed by atoms with E-state index in [0.717, 1.165) is 0 Å². The highest BCUT2D eigenvalue weighted by atomic mass is 32.2. The molecule has 2 heterocycles. The van der Waals surface area contributed by atoms with Gasteiger partial charge in [0.15, 0.2) is 9.84 Å². The Morgan fingerprint density at radius 3 is 2.94 bits per heavy atom. The molecule has 0 aromatic carbocycles. The standard InChI is InChI=1S/C11H16N2O4S/c1-17-11-5-9(12-7-13-11)4-10(14)8-2-3-18(15,16)6-8/h5,7-8,10,14H,2-4,6H2,1H3. The first-order valence-corrected chi connectivity index (χ1v) is 7.56. The van der Waals surface area contributed by atoms with E-state index in [4.69, 9.17) is 4.74 Å². The molecule has 2 atom stereocenters. The van der Waals surface area contributed by atoms with Gasteiger partial charge in [0.1, 0.15) is 6.33 Å². The summed E-state index contributed by atoms with van der Waals surface area (Å²) in [6.45, 7) is 0. The number of hydrogen-bond acceptors (Lipinski definition) is 6. The number of aromatic nitrogens is 2. The smallest absolute Gasteiger partial charge is 0.216 e. The molecule has 1 fully saturated rings. The summed E-state index contributed by atoms with van der Waals surface area (Å²) in [5.41, 5.74) is 0.652. The summed E-state index contributed by atoms with van der Waals surface area (Å²) in [7, 11) is -1.46. The van der Waals surface area contributed by atoms with Crippen molar-refractivity contribution in [3.63, 3.8) is 0 Å². The van der Waals surface area contributed by atoms with Crippen LogP contribution >= 0.6 is 0 Å². The van der Waals surface area contributed by atoms with Crippen LogP contribution in [0.5, 0.6) is 5.88 Å². The predicted molar refractivity (Wildman–Crippen MR) is 65.1 cm³/mol. The van der Waals surface area contributed by atoms with E-state index in [1.165, 1.54) is 13.4 Å². The molecule has 2 unspecified atom stereocenters. The van der Waals surface area contributed by atoms with Gasteiger partial charge in [-0.15, -0.1) is 0 Å². The topological polar surface area (TPSA) is 89.4 Å². The van der Waals surface area contributed by atoms with Gasteiger partial charge in [-0.05, 0) is 6.42 Å². The highest BCUT2D eigenvalue weighted by Crippen LogP contribution is 2.23. The lowest BCUT2D eigenvalue weighted by Gasteiger charge is -2.16. The monoisotopic (exact) mass is 272 g/mol. The van der Waals surface area contributed by atoms with Gasteiger partial charge in [-0.3, -0.25) is 0 Å². The Hall–Kier alpha value is -1.21. The summed E-state index contributed by atoms with van der Waals surface area (Å²) in [5, 5.41) is 10.0. The third kappa shape index (κ3) is 3.17. The molecule has 7 heteroatoms. The van der Waals surface area contributed by atoms with E-state index in [9.17, 15) is 13.5 Å². The Morgan fingerprint density at radius 1 is 1.56 bits per heavy atom. The number of nitrogens with zero attached hydrogens (tertiary/aromatic N) is 2. The average molecular weight is 272 g/mol. The Balaban J connectivity index is 2.01. The predicted octanol–water partition coefficient (Wildman–Crippen LogP) is -0.177. The van der Waals surface area contributed by atoms with Crippen molar-refractivity contribution in [2.24, 2.45) is 5.92 Å². The van der Waals surface area contributed by atoms with Crippen molar-refractivity contribution < 1.29 is 18.3 Å². The van der Waals surface area contributed by atoms with E-state index in [1.54, 1.807) is 6.07 Å². The first kappa shape index (κ1) is 13.2. The van der Waals surface area contributed by atoms with Crippen LogP contribution in [0.25, 0.3) is 0 Å². The number of ether oxygens (including phenoxy) is 1. The van der Waals surface area contributed by atoms with Crippen LogP contribution in [-0.4, -0.2) is 48.2 Å². The fraction of sp³-hybridized carbons (Fsp3) is 0.636. The van der Waals surface area contributed by atoms with Gasteiger partial charge in [-0.25, -0.2) is 18.4 Å². The molecule has 1 aromatic rings. The molecule has 0 amide bonds. The van der Waals surface area contributed by atoms with Crippen molar-refractivity contribution >= 4 is 9.84 Å². The molecule has 0 bridgehead atoms. The van der Waals surface area contributed by atoms with Crippen LogP contribution in [0, 0.1) is 5.92 Å². The van der Waals surface area contributed by atoms with Crippen LogP contribution in [0.1, 0.15) is 12.1 Å². The minimum absolute atomic E-state index is 0.0659. The maximum atomic E-state index is 11.3. The zero-order valence-electron chi connectivity index (χ0n) is 10.1. The number of methoxy groups -OCH3 is 1. The maximum Gasteiger partial charge on any atom is 0.216 e. The Labute approximate surface area is 106 Å². The molecule has 0 radical (unpaired) electrons. The highest BCUT2D eigenvalue weighted by molar-refractivity contribution is 7.91. The third-order valence-corrected chi connectivity index (χ3v) is 4.93. The molecule has 18 heavy (non-hydrogen) atoms. The minimum atomic E-state index is -2.96. The zero-order valence-corrected chi connectivity index (χ0v) is 10.9. The average Bonchev–Trinajstić information content (AvgIpc) is 2.70. The number of hydrogen-bond donors (Lipinski definition) is 1. The Morgan fingerprint density at radius 2 is 2.33 bits per heavy atom. The lowest BCUT2D eigenvalue weighted by Crippen LogP contribution is -2.24. The van der Waals surface area contributed by atoms with Gasteiger partial charge in [0.25, 0.3) is 0 Å². The highest BCUT2D eigenvalue weighted by Gasteiger charge is 2.32. The molecule has 100 valence electrons. The van der Waals surface area contributed by atoms with Crippen molar-refractivity contribution in [3.05, 3.63) is 18.1 Å². The van der Waals surface area contributed by atoms with Crippen LogP contribution in [0.4, 0.5) is 0 Å². The van der Waals surface area contributed by atoms with Gasteiger partial charge < -0.3 is 9.84 Å². The van der Waals surface area contributed by atoms with Gasteiger partial charge in [-0.2, -0.15) is 0 Å². The largest absolute Gasteiger partial charge is 0.481 e. The van der Waals surface area contributed by atoms with E-state index in [-0.39, 0.29) is 17.4 Å². The quantitative estimate of drug-likeness (QED) is 0.818. The maximum absolute atomic E-state index is 11.3.